The molecular weight excluding hydrogens is 463 g/mol. The van der Waals surface area contributed by atoms with Gasteiger partial charge in [-0.3, -0.25) is 20.1 Å². The summed E-state index contributed by atoms with van der Waals surface area (Å²) < 4.78 is 15.9. The van der Waals surface area contributed by atoms with Gasteiger partial charge in [0.2, 0.25) is 0 Å². The third kappa shape index (κ3) is 3.76. The molecule has 0 aliphatic carbocycles. The number of thiophene rings is 1. The Balaban J connectivity index is 1.49. The van der Waals surface area contributed by atoms with Crippen LogP contribution in [-0.4, -0.2) is 54.1 Å². The molecule has 0 aliphatic rings. The van der Waals surface area contributed by atoms with Crippen LogP contribution in [0.2, 0.25) is 0 Å². The minimum Gasteiger partial charge on any atom is -0.336 e. The summed E-state index contributed by atoms with van der Waals surface area (Å²) in [6, 6.07) is 7.86. The van der Waals surface area contributed by atoms with Crippen LogP contribution in [0.4, 0.5) is 4.39 Å². The summed E-state index contributed by atoms with van der Waals surface area (Å²) in [6.45, 7) is 2.75. The highest BCUT2D eigenvalue weighted by Crippen LogP contribution is 2.35. The molecule has 0 aliphatic heterocycles. The summed E-state index contributed by atoms with van der Waals surface area (Å²) in [4.78, 5) is 25.5. The van der Waals surface area contributed by atoms with Gasteiger partial charge in [-0.2, -0.15) is 5.10 Å². The number of aryl methyl sites for hydroxylation is 1. The van der Waals surface area contributed by atoms with Gasteiger partial charge in [0.15, 0.2) is 11.6 Å². The molecule has 0 aromatic carbocycles. The standard InChI is InChI=1S/C25H21FN8S/c1-13-4-5-18(35-13)23-22-16(6-7-28-23)30-25(31-22)24-19-17(32-33-24)11-29-21(20(19)26)15-8-14(9-27-10-15)12-34(2)3/h4-11H,12H2,1-3H3,(H,30,31)(H,32,33). The van der Waals surface area contributed by atoms with E-state index in [4.69, 9.17) is 4.98 Å². The molecule has 0 atom stereocenters. The zero-order valence-corrected chi connectivity index (χ0v) is 20.1. The first-order chi connectivity index (χ1) is 17.0. The van der Waals surface area contributed by atoms with Crippen LogP contribution in [0.3, 0.4) is 0 Å². The Morgan fingerprint density at radius 2 is 1.89 bits per heavy atom. The molecule has 10 heteroatoms. The number of H-pyrrole nitrogens is 2. The average Bonchev–Trinajstić information content (AvgIpc) is 3.56. The molecule has 0 radical (unpaired) electrons. The van der Waals surface area contributed by atoms with Crippen molar-refractivity contribution in [1.82, 2.24) is 40.0 Å². The van der Waals surface area contributed by atoms with E-state index in [0.29, 0.717) is 34.5 Å². The van der Waals surface area contributed by atoms with Gasteiger partial charge in [0, 0.05) is 35.6 Å². The van der Waals surface area contributed by atoms with Crippen LogP contribution in [-0.2, 0) is 6.54 Å². The lowest BCUT2D eigenvalue weighted by Crippen LogP contribution is -2.10. The maximum absolute atomic E-state index is 15.9. The second-order valence-corrected chi connectivity index (χ2v) is 9.94. The lowest BCUT2D eigenvalue weighted by Gasteiger charge is -2.10. The van der Waals surface area contributed by atoms with Crippen molar-refractivity contribution < 1.29 is 4.39 Å². The van der Waals surface area contributed by atoms with Gasteiger partial charge in [-0.05, 0) is 50.8 Å². The fraction of sp³-hybridized carbons (Fsp3) is 0.160. The van der Waals surface area contributed by atoms with Crippen LogP contribution in [0, 0.1) is 12.7 Å². The molecule has 6 rings (SSSR count). The van der Waals surface area contributed by atoms with Crippen molar-refractivity contribution in [2.45, 2.75) is 13.5 Å². The third-order valence-corrected chi connectivity index (χ3v) is 6.72. The van der Waals surface area contributed by atoms with Crippen LogP contribution < -0.4 is 0 Å². The Hall–Kier alpha value is -4.02. The number of nitrogens with one attached hydrogen (secondary N) is 2. The molecule has 0 amide bonds. The molecule has 0 saturated heterocycles. The third-order valence-electron chi connectivity index (χ3n) is 5.71. The Morgan fingerprint density at radius 1 is 1.00 bits per heavy atom. The van der Waals surface area contributed by atoms with E-state index in [2.05, 4.69) is 43.1 Å². The van der Waals surface area contributed by atoms with E-state index in [1.165, 1.54) is 4.88 Å². The van der Waals surface area contributed by atoms with E-state index in [9.17, 15) is 0 Å². The minimum atomic E-state index is -0.470. The molecule has 8 nitrogen and oxygen atoms in total. The molecule has 0 spiro atoms. The number of pyridine rings is 3. The quantitative estimate of drug-likeness (QED) is 0.349. The number of fused-ring (bicyclic) bond motifs is 2. The van der Waals surface area contributed by atoms with Gasteiger partial charge < -0.3 is 9.88 Å². The summed E-state index contributed by atoms with van der Waals surface area (Å²) in [7, 11) is 3.95. The van der Waals surface area contributed by atoms with Gasteiger partial charge in [0.25, 0.3) is 0 Å². The molecule has 6 heterocycles. The normalized spacial score (nSPS) is 11.8. The number of halogens is 1. The SMILES string of the molecule is Cc1ccc(-c2nccc3[nH]c(-c4n[nH]c5cnc(-c6cncc(CN(C)C)c6)c(F)c45)nc23)s1. The van der Waals surface area contributed by atoms with Crippen molar-refractivity contribution in [1.29, 1.82) is 0 Å². The molecular formula is C25H21FN8S. The highest BCUT2D eigenvalue weighted by molar-refractivity contribution is 7.15. The van der Waals surface area contributed by atoms with Crippen LogP contribution in [0.1, 0.15) is 10.4 Å². The minimum absolute atomic E-state index is 0.223. The van der Waals surface area contributed by atoms with Gasteiger partial charge in [0.05, 0.1) is 27.5 Å². The Labute approximate surface area is 203 Å². The highest BCUT2D eigenvalue weighted by Gasteiger charge is 2.21. The second kappa shape index (κ2) is 8.33. The molecule has 0 saturated carbocycles. The molecule has 0 bridgehead atoms. The van der Waals surface area contributed by atoms with Gasteiger partial charge in [0.1, 0.15) is 22.6 Å². The maximum atomic E-state index is 15.9. The van der Waals surface area contributed by atoms with Crippen LogP contribution in [0.25, 0.3) is 55.3 Å². The van der Waals surface area contributed by atoms with E-state index < -0.39 is 5.82 Å². The zero-order chi connectivity index (χ0) is 24.1. The van der Waals surface area contributed by atoms with Gasteiger partial charge in [-0.15, -0.1) is 11.3 Å². The summed E-state index contributed by atoms with van der Waals surface area (Å²) >= 11 is 1.66. The van der Waals surface area contributed by atoms with Crippen LogP contribution in [0.5, 0.6) is 0 Å². The summed E-state index contributed by atoms with van der Waals surface area (Å²) in [5, 5.41) is 7.60. The predicted molar refractivity (Wildman–Crippen MR) is 135 cm³/mol. The smallest absolute Gasteiger partial charge is 0.161 e. The molecule has 2 N–H and O–H groups in total. The number of imidazole rings is 1. The molecule has 6 aromatic rings. The summed E-state index contributed by atoms with van der Waals surface area (Å²) in [5.41, 5.74) is 5.00. The molecule has 174 valence electrons. The summed E-state index contributed by atoms with van der Waals surface area (Å²) in [6.07, 6.45) is 6.73. The van der Waals surface area contributed by atoms with Crippen molar-refractivity contribution in [3.05, 3.63) is 65.3 Å². The molecule has 0 fully saturated rings. The van der Waals surface area contributed by atoms with Crippen molar-refractivity contribution in [2.24, 2.45) is 0 Å². The van der Waals surface area contributed by atoms with E-state index in [-0.39, 0.29) is 5.69 Å². The number of hydrogen-bond acceptors (Lipinski definition) is 7. The average molecular weight is 485 g/mol. The maximum Gasteiger partial charge on any atom is 0.161 e. The molecule has 6 aromatic heterocycles. The number of hydrogen-bond donors (Lipinski definition) is 2. The Bertz CT molecular complexity index is 1700. The van der Waals surface area contributed by atoms with Crippen molar-refractivity contribution >= 4 is 33.3 Å². The Kier molecular flexibility index (Phi) is 5.12. The lowest BCUT2D eigenvalue weighted by atomic mass is 10.1. The first-order valence-electron chi connectivity index (χ1n) is 11.0. The van der Waals surface area contributed by atoms with E-state index in [1.807, 2.05) is 37.2 Å². The first kappa shape index (κ1) is 21.5. The fourth-order valence-corrected chi connectivity index (χ4v) is 5.07. The zero-order valence-electron chi connectivity index (χ0n) is 19.3. The van der Waals surface area contributed by atoms with Crippen LogP contribution >= 0.6 is 11.3 Å². The highest BCUT2D eigenvalue weighted by atomic mass is 32.1. The molecule has 0 unspecified atom stereocenters. The fourth-order valence-electron chi connectivity index (χ4n) is 4.21. The van der Waals surface area contributed by atoms with Crippen LogP contribution in [0.15, 0.2) is 49.1 Å². The Morgan fingerprint density at radius 3 is 2.69 bits per heavy atom. The second-order valence-electron chi connectivity index (χ2n) is 8.65. The van der Waals surface area contributed by atoms with Gasteiger partial charge in [-0.1, -0.05) is 0 Å². The van der Waals surface area contributed by atoms with Gasteiger partial charge in [-0.25, -0.2) is 9.37 Å². The number of aromatic amines is 2. The van der Waals surface area contributed by atoms with E-state index in [0.717, 1.165) is 27.2 Å². The van der Waals surface area contributed by atoms with E-state index >= 15 is 4.39 Å². The van der Waals surface area contributed by atoms with Crippen molar-refractivity contribution in [3.63, 3.8) is 0 Å². The first-order valence-corrected chi connectivity index (χ1v) is 11.8. The summed E-state index contributed by atoms with van der Waals surface area (Å²) in [5.74, 6) is -0.00736. The topological polar surface area (TPSA) is 99.3 Å². The largest absolute Gasteiger partial charge is 0.336 e. The van der Waals surface area contributed by atoms with Crippen molar-refractivity contribution in [3.8, 4) is 33.3 Å². The predicted octanol–water partition coefficient (Wildman–Crippen LogP) is 5.20. The van der Waals surface area contributed by atoms with E-state index in [1.54, 1.807) is 36.1 Å². The van der Waals surface area contributed by atoms with Gasteiger partial charge >= 0.3 is 0 Å². The molecule has 35 heavy (non-hydrogen) atoms. The number of aromatic nitrogens is 7. The number of rotatable bonds is 5. The number of nitrogens with zero attached hydrogens (tertiary/aromatic N) is 6. The lowest BCUT2D eigenvalue weighted by molar-refractivity contribution is 0.402. The van der Waals surface area contributed by atoms with Crippen molar-refractivity contribution in [2.75, 3.05) is 14.1 Å². The monoisotopic (exact) mass is 484 g/mol.